The first-order valence-corrected chi connectivity index (χ1v) is 9.72. The van der Waals surface area contributed by atoms with Crippen LogP contribution in [0.25, 0.3) is 0 Å². The van der Waals surface area contributed by atoms with Crippen LogP contribution < -0.4 is 0 Å². The number of likely N-dealkylation sites (tertiary alicyclic amines) is 2. The van der Waals surface area contributed by atoms with Crippen LogP contribution in [0, 0.1) is 5.92 Å². The molecule has 28 heavy (non-hydrogen) atoms. The fourth-order valence-corrected chi connectivity index (χ4v) is 4.71. The molecular weight excluding hydrogens is 352 g/mol. The van der Waals surface area contributed by atoms with Crippen molar-refractivity contribution in [3.05, 3.63) is 66.0 Å². The van der Waals surface area contributed by atoms with Gasteiger partial charge in [-0.15, -0.1) is 0 Å². The lowest BCUT2D eigenvalue weighted by molar-refractivity contribution is 0.0602. The minimum absolute atomic E-state index is 0.0386. The number of nitrogens with zero attached hydrogens (tertiary/aromatic N) is 4. The molecule has 0 aliphatic carbocycles. The van der Waals surface area contributed by atoms with Crippen LogP contribution in [-0.2, 0) is 5.41 Å². The lowest BCUT2D eigenvalue weighted by atomic mass is 9.68. The molecule has 2 fully saturated rings. The first kappa shape index (κ1) is 18.5. The smallest absolute Gasteiger partial charge is 0.319 e. The normalized spacial score (nSPS) is 24.0. The van der Waals surface area contributed by atoms with Crippen molar-refractivity contribution >= 4 is 11.9 Å². The minimum Gasteiger partial charge on any atom is -0.338 e. The summed E-state index contributed by atoms with van der Waals surface area (Å²) in [4.78, 5) is 35.1. The summed E-state index contributed by atoms with van der Waals surface area (Å²) in [6, 6.07) is 14.0. The summed E-state index contributed by atoms with van der Waals surface area (Å²) in [5, 5.41) is 0. The van der Waals surface area contributed by atoms with E-state index < -0.39 is 0 Å². The number of urea groups is 1. The van der Waals surface area contributed by atoms with E-state index in [1.165, 1.54) is 5.56 Å². The highest BCUT2D eigenvalue weighted by Gasteiger charge is 2.52. The van der Waals surface area contributed by atoms with Crippen molar-refractivity contribution in [3.63, 3.8) is 0 Å². The number of pyridine rings is 1. The lowest BCUT2D eigenvalue weighted by Crippen LogP contribution is -2.51. The molecule has 0 radical (unpaired) electrons. The Morgan fingerprint density at radius 1 is 1.04 bits per heavy atom. The number of carbonyl (C=O) groups is 2. The summed E-state index contributed by atoms with van der Waals surface area (Å²) in [5.41, 5.74) is 1.84. The van der Waals surface area contributed by atoms with Crippen molar-refractivity contribution in [3.8, 4) is 0 Å². The maximum atomic E-state index is 13.0. The average Bonchev–Trinajstić information content (AvgIpc) is 3.13. The standard InChI is InChI=1S/C22H26N4O2/c1-24(2)21(28)26-15-19-14-25(20(27)17-8-11-23-12-9-17)13-10-22(19,16-26)18-6-4-3-5-7-18/h3-9,11-12,19H,10,13-16H2,1-2H3/t19-,22+/m0/s1. The molecule has 2 aromatic rings. The number of piperidine rings is 1. The number of amides is 3. The summed E-state index contributed by atoms with van der Waals surface area (Å²) in [7, 11) is 3.58. The largest absolute Gasteiger partial charge is 0.338 e. The van der Waals surface area contributed by atoms with Gasteiger partial charge in [0, 0.05) is 69.6 Å². The van der Waals surface area contributed by atoms with E-state index in [1.807, 2.05) is 15.9 Å². The van der Waals surface area contributed by atoms with Crippen LogP contribution in [0.3, 0.4) is 0 Å². The highest BCUT2D eigenvalue weighted by Crippen LogP contribution is 2.45. The van der Waals surface area contributed by atoms with Gasteiger partial charge in [-0.1, -0.05) is 30.3 Å². The van der Waals surface area contributed by atoms with Crippen molar-refractivity contribution < 1.29 is 9.59 Å². The van der Waals surface area contributed by atoms with Gasteiger partial charge in [0.05, 0.1) is 0 Å². The molecule has 6 nitrogen and oxygen atoms in total. The molecular formula is C22H26N4O2. The summed E-state index contributed by atoms with van der Waals surface area (Å²) in [6.45, 7) is 2.73. The van der Waals surface area contributed by atoms with E-state index in [0.717, 1.165) is 6.42 Å². The van der Waals surface area contributed by atoms with E-state index >= 15 is 0 Å². The van der Waals surface area contributed by atoms with Gasteiger partial charge in [-0.3, -0.25) is 9.78 Å². The minimum atomic E-state index is -0.0953. The van der Waals surface area contributed by atoms with Gasteiger partial charge >= 0.3 is 6.03 Å². The summed E-state index contributed by atoms with van der Waals surface area (Å²) >= 11 is 0. The maximum Gasteiger partial charge on any atom is 0.319 e. The summed E-state index contributed by atoms with van der Waals surface area (Å²) in [5.74, 6) is 0.264. The molecule has 0 bridgehead atoms. The predicted octanol–water partition coefficient (Wildman–Crippen LogP) is 2.48. The second-order valence-electron chi connectivity index (χ2n) is 8.01. The second kappa shape index (κ2) is 7.26. The number of hydrogen-bond acceptors (Lipinski definition) is 3. The quantitative estimate of drug-likeness (QED) is 0.807. The lowest BCUT2D eigenvalue weighted by Gasteiger charge is -2.43. The third kappa shape index (κ3) is 3.13. The van der Waals surface area contributed by atoms with Crippen LogP contribution in [0.2, 0.25) is 0 Å². The van der Waals surface area contributed by atoms with Gasteiger partial charge in [0.25, 0.3) is 5.91 Å². The molecule has 2 aliphatic heterocycles. The molecule has 4 rings (SSSR count). The zero-order chi connectivity index (χ0) is 19.7. The number of rotatable bonds is 2. The van der Waals surface area contributed by atoms with Gasteiger partial charge in [-0.2, -0.15) is 0 Å². The van der Waals surface area contributed by atoms with Crippen LogP contribution in [0.1, 0.15) is 22.3 Å². The Morgan fingerprint density at radius 3 is 2.39 bits per heavy atom. The van der Waals surface area contributed by atoms with Crippen molar-refractivity contribution in [1.29, 1.82) is 0 Å². The molecule has 0 N–H and O–H groups in total. The molecule has 1 aromatic carbocycles. The molecule has 2 atom stereocenters. The van der Waals surface area contributed by atoms with Crippen molar-refractivity contribution in [1.82, 2.24) is 19.7 Å². The van der Waals surface area contributed by atoms with E-state index in [-0.39, 0.29) is 23.3 Å². The van der Waals surface area contributed by atoms with Gasteiger partial charge in [0.15, 0.2) is 0 Å². The molecule has 0 spiro atoms. The molecule has 3 heterocycles. The molecule has 6 heteroatoms. The van der Waals surface area contributed by atoms with E-state index in [2.05, 4.69) is 29.2 Å². The fourth-order valence-electron chi connectivity index (χ4n) is 4.71. The van der Waals surface area contributed by atoms with Crippen LogP contribution in [0.5, 0.6) is 0 Å². The van der Waals surface area contributed by atoms with Gasteiger partial charge in [0.2, 0.25) is 0 Å². The van der Waals surface area contributed by atoms with Crippen LogP contribution in [-0.4, -0.2) is 71.9 Å². The van der Waals surface area contributed by atoms with Gasteiger partial charge in [-0.05, 0) is 24.1 Å². The Hall–Kier alpha value is -2.89. The Morgan fingerprint density at radius 2 is 1.71 bits per heavy atom. The number of aromatic nitrogens is 1. The Labute approximate surface area is 165 Å². The van der Waals surface area contributed by atoms with Crippen molar-refractivity contribution in [2.24, 2.45) is 5.92 Å². The number of fused-ring (bicyclic) bond motifs is 1. The SMILES string of the molecule is CN(C)C(=O)N1C[C@@H]2CN(C(=O)c3ccncc3)CC[C@]2(c2ccccc2)C1. The van der Waals surface area contributed by atoms with E-state index in [0.29, 0.717) is 31.7 Å². The third-order valence-corrected chi connectivity index (χ3v) is 6.18. The number of hydrogen-bond donors (Lipinski definition) is 0. The van der Waals surface area contributed by atoms with E-state index in [4.69, 9.17) is 0 Å². The zero-order valence-corrected chi connectivity index (χ0v) is 16.4. The first-order chi connectivity index (χ1) is 13.5. The highest BCUT2D eigenvalue weighted by molar-refractivity contribution is 5.94. The Bertz CT molecular complexity index is 855. The van der Waals surface area contributed by atoms with Gasteiger partial charge in [-0.25, -0.2) is 4.79 Å². The maximum absolute atomic E-state index is 13.0. The third-order valence-electron chi connectivity index (χ3n) is 6.18. The Balaban J connectivity index is 1.62. The molecule has 0 unspecified atom stereocenters. The second-order valence-corrected chi connectivity index (χ2v) is 8.01. The van der Waals surface area contributed by atoms with E-state index in [1.54, 1.807) is 43.5 Å². The molecule has 0 saturated carbocycles. The summed E-state index contributed by atoms with van der Waals surface area (Å²) < 4.78 is 0. The van der Waals surface area contributed by atoms with Crippen molar-refractivity contribution in [2.45, 2.75) is 11.8 Å². The average molecular weight is 378 g/mol. The van der Waals surface area contributed by atoms with Crippen LogP contribution in [0.15, 0.2) is 54.9 Å². The Kier molecular flexibility index (Phi) is 4.79. The molecule has 146 valence electrons. The predicted molar refractivity (Wildman–Crippen MR) is 107 cm³/mol. The van der Waals surface area contributed by atoms with E-state index in [9.17, 15) is 9.59 Å². The molecule has 2 saturated heterocycles. The number of carbonyl (C=O) groups excluding carboxylic acids is 2. The zero-order valence-electron chi connectivity index (χ0n) is 16.4. The summed E-state index contributed by atoms with van der Waals surface area (Å²) in [6.07, 6.45) is 4.16. The molecule has 3 amide bonds. The van der Waals surface area contributed by atoms with Crippen LogP contribution >= 0.6 is 0 Å². The topological polar surface area (TPSA) is 56.8 Å². The van der Waals surface area contributed by atoms with Gasteiger partial charge < -0.3 is 14.7 Å². The van der Waals surface area contributed by atoms with Crippen LogP contribution in [0.4, 0.5) is 4.79 Å². The highest BCUT2D eigenvalue weighted by atomic mass is 16.2. The fraction of sp³-hybridized carbons (Fsp3) is 0.409. The van der Waals surface area contributed by atoms with Crippen molar-refractivity contribution in [2.75, 3.05) is 40.3 Å². The monoisotopic (exact) mass is 378 g/mol. The molecule has 2 aliphatic rings. The number of benzene rings is 1. The van der Waals surface area contributed by atoms with Gasteiger partial charge in [0.1, 0.15) is 0 Å². The first-order valence-electron chi connectivity index (χ1n) is 9.72. The molecule has 1 aromatic heterocycles.